The summed E-state index contributed by atoms with van der Waals surface area (Å²) >= 11 is 12.9. The first kappa shape index (κ1) is 16.1. The van der Waals surface area contributed by atoms with Gasteiger partial charge in [-0.1, -0.05) is 11.6 Å². The molecule has 0 aliphatic rings. The monoisotopic (exact) mass is 340 g/mol. The first-order valence-corrected chi connectivity index (χ1v) is 8.18. The molecule has 2 aromatic rings. The molecule has 0 saturated carbocycles. The van der Waals surface area contributed by atoms with E-state index >= 15 is 0 Å². The summed E-state index contributed by atoms with van der Waals surface area (Å²) in [5.41, 5.74) is 0.944. The van der Waals surface area contributed by atoms with Gasteiger partial charge in [0.2, 0.25) is 0 Å². The number of ether oxygens (including phenoxy) is 1. The standard InChI is InChI=1S/C15H17ClN2OS2/c1-3-19-12-6-4-11(5-7-12)17-15(20)18(2)10-13-8-9-14(16)21-13/h4-9H,3,10H2,1-2H3,(H,17,20). The molecule has 0 aliphatic carbocycles. The number of nitrogens with one attached hydrogen (secondary N) is 1. The number of anilines is 1. The van der Waals surface area contributed by atoms with E-state index in [1.165, 1.54) is 4.88 Å². The van der Waals surface area contributed by atoms with Gasteiger partial charge in [0.15, 0.2) is 5.11 Å². The fourth-order valence-corrected chi connectivity index (χ4v) is 3.09. The Balaban J connectivity index is 1.90. The third-order valence-electron chi connectivity index (χ3n) is 2.79. The first-order chi connectivity index (χ1) is 10.1. The van der Waals surface area contributed by atoms with Crippen molar-refractivity contribution >= 4 is 46.0 Å². The molecule has 21 heavy (non-hydrogen) atoms. The van der Waals surface area contributed by atoms with Crippen molar-refractivity contribution in [2.24, 2.45) is 0 Å². The fourth-order valence-electron chi connectivity index (χ4n) is 1.76. The maximum absolute atomic E-state index is 5.93. The maximum atomic E-state index is 5.93. The van der Waals surface area contributed by atoms with Crippen molar-refractivity contribution in [1.82, 2.24) is 4.90 Å². The van der Waals surface area contributed by atoms with Crippen molar-refractivity contribution in [2.75, 3.05) is 19.0 Å². The van der Waals surface area contributed by atoms with Gasteiger partial charge in [-0.25, -0.2) is 0 Å². The molecule has 6 heteroatoms. The van der Waals surface area contributed by atoms with E-state index in [-0.39, 0.29) is 0 Å². The van der Waals surface area contributed by atoms with Crippen LogP contribution in [0.15, 0.2) is 36.4 Å². The van der Waals surface area contributed by atoms with Gasteiger partial charge in [-0.2, -0.15) is 0 Å². The van der Waals surface area contributed by atoms with Crippen molar-refractivity contribution in [2.45, 2.75) is 13.5 Å². The molecule has 0 unspecified atom stereocenters. The van der Waals surface area contributed by atoms with Crippen LogP contribution >= 0.6 is 35.2 Å². The Morgan fingerprint density at radius 2 is 2.00 bits per heavy atom. The highest BCUT2D eigenvalue weighted by atomic mass is 35.5. The average molecular weight is 341 g/mol. The van der Waals surface area contributed by atoms with E-state index in [1.54, 1.807) is 11.3 Å². The Morgan fingerprint density at radius 3 is 2.57 bits per heavy atom. The van der Waals surface area contributed by atoms with Crippen LogP contribution in [0.1, 0.15) is 11.8 Å². The van der Waals surface area contributed by atoms with E-state index in [4.69, 9.17) is 28.6 Å². The highest BCUT2D eigenvalue weighted by molar-refractivity contribution is 7.80. The molecule has 0 radical (unpaired) electrons. The van der Waals surface area contributed by atoms with Crippen molar-refractivity contribution in [3.63, 3.8) is 0 Å². The summed E-state index contributed by atoms with van der Waals surface area (Å²) in [5.74, 6) is 0.857. The van der Waals surface area contributed by atoms with E-state index < -0.39 is 0 Å². The number of rotatable bonds is 5. The molecule has 0 bridgehead atoms. The number of hydrogen-bond acceptors (Lipinski definition) is 3. The predicted molar refractivity (Wildman–Crippen MR) is 94.6 cm³/mol. The van der Waals surface area contributed by atoms with Gasteiger partial charge in [0.05, 0.1) is 17.5 Å². The second-order valence-electron chi connectivity index (χ2n) is 4.45. The van der Waals surface area contributed by atoms with Gasteiger partial charge in [-0.05, 0) is 55.5 Å². The van der Waals surface area contributed by atoms with Crippen LogP contribution in [-0.4, -0.2) is 23.7 Å². The molecule has 0 aliphatic heterocycles. The lowest BCUT2D eigenvalue weighted by Gasteiger charge is -2.20. The predicted octanol–water partition coefficient (Wildman–Crippen LogP) is 4.63. The van der Waals surface area contributed by atoms with Gasteiger partial charge < -0.3 is 15.0 Å². The topological polar surface area (TPSA) is 24.5 Å². The molecule has 0 amide bonds. The zero-order chi connectivity index (χ0) is 15.2. The summed E-state index contributed by atoms with van der Waals surface area (Å²) in [6.07, 6.45) is 0. The molecule has 1 heterocycles. The zero-order valence-corrected chi connectivity index (χ0v) is 14.3. The Kier molecular flexibility index (Phi) is 5.85. The molecule has 1 N–H and O–H groups in total. The average Bonchev–Trinajstić information content (AvgIpc) is 2.86. The minimum atomic E-state index is 0.664. The van der Waals surface area contributed by atoms with Crippen LogP contribution in [0.2, 0.25) is 4.34 Å². The van der Waals surface area contributed by atoms with Crippen LogP contribution in [-0.2, 0) is 6.54 Å². The van der Waals surface area contributed by atoms with Gasteiger partial charge in [0.25, 0.3) is 0 Å². The zero-order valence-electron chi connectivity index (χ0n) is 11.9. The molecule has 0 atom stereocenters. The summed E-state index contributed by atoms with van der Waals surface area (Å²) in [6, 6.07) is 11.7. The Bertz CT molecular complexity index is 598. The molecule has 1 aromatic carbocycles. The molecular formula is C15H17ClN2OS2. The summed E-state index contributed by atoms with van der Waals surface area (Å²) in [6.45, 7) is 3.37. The van der Waals surface area contributed by atoms with Gasteiger partial charge in [0, 0.05) is 17.6 Å². The van der Waals surface area contributed by atoms with Crippen LogP contribution in [0.5, 0.6) is 5.75 Å². The largest absolute Gasteiger partial charge is 0.494 e. The van der Waals surface area contributed by atoms with Gasteiger partial charge in [-0.3, -0.25) is 0 Å². The van der Waals surface area contributed by atoms with Crippen LogP contribution < -0.4 is 10.1 Å². The van der Waals surface area contributed by atoms with E-state index in [1.807, 2.05) is 55.3 Å². The second-order valence-corrected chi connectivity index (χ2v) is 6.64. The lowest BCUT2D eigenvalue weighted by molar-refractivity contribution is 0.340. The van der Waals surface area contributed by atoms with E-state index in [0.717, 1.165) is 22.3 Å². The molecule has 3 nitrogen and oxygen atoms in total. The van der Waals surface area contributed by atoms with Gasteiger partial charge in [-0.15, -0.1) is 11.3 Å². The number of thiophene rings is 1. The number of thiocarbonyl (C=S) groups is 1. The van der Waals surface area contributed by atoms with Crippen molar-refractivity contribution in [3.8, 4) is 5.75 Å². The fraction of sp³-hybridized carbons (Fsp3) is 0.267. The van der Waals surface area contributed by atoms with E-state index in [0.29, 0.717) is 11.7 Å². The molecule has 1 aromatic heterocycles. The number of benzene rings is 1. The summed E-state index contributed by atoms with van der Waals surface area (Å²) in [7, 11) is 1.96. The minimum Gasteiger partial charge on any atom is -0.494 e. The molecule has 0 spiro atoms. The minimum absolute atomic E-state index is 0.664. The van der Waals surface area contributed by atoms with Crippen LogP contribution in [0, 0.1) is 0 Å². The van der Waals surface area contributed by atoms with Crippen molar-refractivity contribution < 1.29 is 4.74 Å². The summed E-state index contributed by atoms with van der Waals surface area (Å²) in [4.78, 5) is 3.16. The van der Waals surface area contributed by atoms with E-state index in [9.17, 15) is 0 Å². The number of nitrogens with zero attached hydrogens (tertiary/aromatic N) is 1. The third-order valence-corrected chi connectivity index (χ3v) is 4.41. The highest BCUT2D eigenvalue weighted by Gasteiger charge is 2.07. The SMILES string of the molecule is CCOc1ccc(NC(=S)N(C)Cc2ccc(Cl)s2)cc1. The summed E-state index contributed by atoms with van der Waals surface area (Å²) < 4.78 is 6.21. The number of halogens is 1. The molecule has 0 fully saturated rings. The van der Waals surface area contributed by atoms with Crippen LogP contribution in [0.3, 0.4) is 0 Å². The lowest BCUT2D eigenvalue weighted by Crippen LogP contribution is -2.30. The first-order valence-electron chi connectivity index (χ1n) is 6.57. The molecule has 2 rings (SSSR count). The Labute approximate surface area is 139 Å². The second kappa shape index (κ2) is 7.64. The number of hydrogen-bond donors (Lipinski definition) is 1. The van der Waals surface area contributed by atoms with Crippen molar-refractivity contribution in [1.29, 1.82) is 0 Å². The Hall–Kier alpha value is -1.30. The summed E-state index contributed by atoms with van der Waals surface area (Å²) in [5, 5.41) is 3.88. The molecular weight excluding hydrogens is 324 g/mol. The normalized spacial score (nSPS) is 10.2. The third kappa shape index (κ3) is 4.88. The maximum Gasteiger partial charge on any atom is 0.173 e. The van der Waals surface area contributed by atoms with Crippen LogP contribution in [0.25, 0.3) is 0 Å². The van der Waals surface area contributed by atoms with Gasteiger partial charge in [0.1, 0.15) is 5.75 Å². The highest BCUT2D eigenvalue weighted by Crippen LogP contribution is 2.22. The van der Waals surface area contributed by atoms with Gasteiger partial charge >= 0.3 is 0 Å². The molecule has 112 valence electrons. The quantitative estimate of drug-likeness (QED) is 0.802. The smallest absolute Gasteiger partial charge is 0.173 e. The van der Waals surface area contributed by atoms with Crippen LogP contribution in [0.4, 0.5) is 5.69 Å². The Morgan fingerprint density at radius 1 is 1.29 bits per heavy atom. The molecule has 0 saturated heterocycles. The van der Waals surface area contributed by atoms with Crippen molar-refractivity contribution in [3.05, 3.63) is 45.6 Å². The van der Waals surface area contributed by atoms with E-state index in [2.05, 4.69) is 5.32 Å². The lowest BCUT2D eigenvalue weighted by atomic mass is 10.3.